The number of rotatable bonds is 7. The summed E-state index contributed by atoms with van der Waals surface area (Å²) in [5, 5.41) is 3.05. The molecule has 5 heterocycles. The van der Waals surface area contributed by atoms with Gasteiger partial charge in [0.1, 0.15) is 6.61 Å². The van der Waals surface area contributed by atoms with Crippen molar-refractivity contribution in [2.75, 3.05) is 63.7 Å². The van der Waals surface area contributed by atoms with Crippen molar-refractivity contribution < 1.29 is 14.3 Å². The van der Waals surface area contributed by atoms with Gasteiger partial charge in [-0.1, -0.05) is 0 Å². The number of likely N-dealkylation sites (tertiary alicyclic amines) is 1. The number of methoxy groups -OCH3 is 1. The van der Waals surface area contributed by atoms with Crippen LogP contribution in [0.2, 0.25) is 0 Å². The second-order valence-electron chi connectivity index (χ2n) is 8.78. The molecule has 0 bridgehead atoms. The van der Waals surface area contributed by atoms with E-state index in [1.807, 2.05) is 0 Å². The largest absolute Gasteiger partial charge is 0.378 e. The number of fused-ring (bicyclic) bond motifs is 1. The Hall–Kier alpha value is -2.93. The first-order valence-electron chi connectivity index (χ1n) is 11.8. The van der Waals surface area contributed by atoms with Crippen LogP contribution in [0.5, 0.6) is 0 Å². The summed E-state index contributed by atoms with van der Waals surface area (Å²) in [6.45, 7) is 5.77. The van der Waals surface area contributed by atoms with Crippen molar-refractivity contribution in [2.45, 2.75) is 25.4 Å². The second kappa shape index (κ2) is 10.8. The molecule has 0 aromatic carbocycles. The van der Waals surface area contributed by atoms with Gasteiger partial charge in [-0.2, -0.15) is 0 Å². The maximum Gasteiger partial charge on any atom is 0.246 e. The molecule has 0 unspecified atom stereocenters. The van der Waals surface area contributed by atoms with Crippen LogP contribution in [0, 0.1) is 0 Å². The molecular formula is C23H30N8O3S. The molecule has 3 aromatic rings. The van der Waals surface area contributed by atoms with Gasteiger partial charge in [0, 0.05) is 63.1 Å². The molecule has 11 nitrogen and oxygen atoms in total. The number of anilines is 2. The van der Waals surface area contributed by atoms with Gasteiger partial charge >= 0.3 is 0 Å². The third kappa shape index (κ3) is 5.67. The highest BCUT2D eigenvalue weighted by Gasteiger charge is 2.23. The van der Waals surface area contributed by atoms with Gasteiger partial charge in [-0.05, 0) is 18.9 Å². The standard InChI is InChI=1S/C23H30N8O3S/c1-33-14-19(32)27-16-2-4-30(5-3-16)13-17-10-18-20(35-17)22(31-6-8-34-9-7-31)29-21(28-18)15-11-25-23(24)26-12-15/h10-12,16H,2-9,13-14H2,1H3,(H,27,32)(H2,24,25,26). The predicted octanol–water partition coefficient (Wildman–Crippen LogP) is 1.29. The summed E-state index contributed by atoms with van der Waals surface area (Å²) < 4.78 is 11.6. The summed E-state index contributed by atoms with van der Waals surface area (Å²) in [5.74, 6) is 1.70. The Balaban J connectivity index is 1.35. The van der Waals surface area contributed by atoms with E-state index in [4.69, 9.17) is 25.2 Å². The van der Waals surface area contributed by atoms with Crippen molar-refractivity contribution in [3.05, 3.63) is 23.3 Å². The fraction of sp³-hybridized carbons (Fsp3) is 0.522. The molecular weight excluding hydrogens is 468 g/mol. The first-order valence-corrected chi connectivity index (χ1v) is 12.6. The molecule has 12 heteroatoms. The van der Waals surface area contributed by atoms with Gasteiger partial charge in [0.2, 0.25) is 11.9 Å². The number of nitrogens with two attached hydrogens (primary N) is 1. The summed E-state index contributed by atoms with van der Waals surface area (Å²) in [6.07, 6.45) is 5.19. The maximum absolute atomic E-state index is 11.8. The van der Waals surface area contributed by atoms with Crippen molar-refractivity contribution in [2.24, 2.45) is 0 Å². The fourth-order valence-electron chi connectivity index (χ4n) is 4.47. The number of nitrogen functional groups attached to an aromatic ring is 1. The van der Waals surface area contributed by atoms with E-state index in [0.29, 0.717) is 19.0 Å². The zero-order valence-electron chi connectivity index (χ0n) is 19.8. The van der Waals surface area contributed by atoms with Gasteiger partial charge in [-0.3, -0.25) is 9.69 Å². The number of morpholine rings is 1. The van der Waals surface area contributed by atoms with Crippen molar-refractivity contribution in [3.63, 3.8) is 0 Å². The Kier molecular flexibility index (Phi) is 7.32. The Labute approximate surface area is 207 Å². The van der Waals surface area contributed by atoms with Gasteiger partial charge < -0.3 is 25.4 Å². The van der Waals surface area contributed by atoms with Crippen molar-refractivity contribution in [1.29, 1.82) is 0 Å². The van der Waals surface area contributed by atoms with E-state index in [1.54, 1.807) is 23.7 Å². The van der Waals surface area contributed by atoms with E-state index in [2.05, 4.69) is 31.2 Å². The van der Waals surface area contributed by atoms with E-state index >= 15 is 0 Å². The molecule has 35 heavy (non-hydrogen) atoms. The quantitative estimate of drug-likeness (QED) is 0.491. The maximum atomic E-state index is 11.8. The van der Waals surface area contributed by atoms with Crippen molar-refractivity contribution >= 4 is 39.2 Å². The van der Waals surface area contributed by atoms with E-state index in [0.717, 1.165) is 67.2 Å². The number of nitrogens with one attached hydrogen (secondary N) is 1. The molecule has 186 valence electrons. The Morgan fingerprint density at radius 2 is 1.94 bits per heavy atom. The molecule has 2 aliphatic rings. The minimum atomic E-state index is -0.0491. The molecule has 5 rings (SSSR count). The van der Waals surface area contributed by atoms with Crippen molar-refractivity contribution in [1.82, 2.24) is 30.2 Å². The van der Waals surface area contributed by atoms with Gasteiger partial charge in [0.05, 0.1) is 29.0 Å². The van der Waals surface area contributed by atoms with Crippen LogP contribution in [-0.2, 0) is 20.8 Å². The number of thiophene rings is 1. The molecule has 0 atom stereocenters. The third-order valence-electron chi connectivity index (χ3n) is 6.25. The van der Waals surface area contributed by atoms with Gasteiger partial charge in [-0.25, -0.2) is 19.9 Å². The average Bonchev–Trinajstić information content (AvgIpc) is 3.28. The molecule has 0 aliphatic carbocycles. The van der Waals surface area contributed by atoms with Crippen LogP contribution in [0.15, 0.2) is 18.5 Å². The van der Waals surface area contributed by atoms with E-state index in [-0.39, 0.29) is 24.5 Å². The van der Waals surface area contributed by atoms with E-state index < -0.39 is 0 Å². The van der Waals surface area contributed by atoms with E-state index in [1.165, 1.54) is 12.0 Å². The summed E-state index contributed by atoms with van der Waals surface area (Å²) in [6, 6.07) is 2.37. The number of hydrogen-bond acceptors (Lipinski definition) is 11. The number of aromatic nitrogens is 4. The number of ether oxygens (including phenoxy) is 2. The lowest BCUT2D eigenvalue weighted by Crippen LogP contribution is -2.45. The van der Waals surface area contributed by atoms with E-state index in [9.17, 15) is 4.79 Å². The molecule has 2 aliphatic heterocycles. The molecule has 2 fully saturated rings. The zero-order chi connectivity index (χ0) is 24.2. The van der Waals surface area contributed by atoms with Crippen LogP contribution in [0.25, 0.3) is 21.6 Å². The Bertz CT molecular complexity index is 1160. The topological polar surface area (TPSA) is 132 Å². The molecule has 2 saturated heterocycles. The van der Waals surface area contributed by atoms with Crippen LogP contribution < -0.4 is 16.0 Å². The number of hydrogen-bond donors (Lipinski definition) is 2. The second-order valence-corrected chi connectivity index (χ2v) is 9.91. The summed E-state index contributed by atoms with van der Waals surface area (Å²) in [5.41, 5.74) is 7.33. The summed E-state index contributed by atoms with van der Waals surface area (Å²) in [4.78, 5) is 35.7. The molecule has 0 spiro atoms. The average molecular weight is 499 g/mol. The lowest BCUT2D eigenvalue weighted by molar-refractivity contribution is -0.125. The highest BCUT2D eigenvalue weighted by atomic mass is 32.1. The zero-order valence-corrected chi connectivity index (χ0v) is 20.6. The van der Waals surface area contributed by atoms with Gasteiger partial charge in [0.25, 0.3) is 0 Å². The van der Waals surface area contributed by atoms with Gasteiger partial charge in [-0.15, -0.1) is 11.3 Å². The minimum absolute atomic E-state index is 0.0491. The van der Waals surface area contributed by atoms with Crippen LogP contribution in [0.4, 0.5) is 11.8 Å². The number of carbonyl (C=O) groups excluding carboxylic acids is 1. The summed E-state index contributed by atoms with van der Waals surface area (Å²) in [7, 11) is 1.54. The molecule has 0 saturated carbocycles. The lowest BCUT2D eigenvalue weighted by atomic mass is 10.0. The van der Waals surface area contributed by atoms with Crippen LogP contribution in [0.3, 0.4) is 0 Å². The van der Waals surface area contributed by atoms with Crippen LogP contribution in [-0.4, -0.2) is 89.9 Å². The monoisotopic (exact) mass is 498 g/mol. The molecule has 3 aromatic heterocycles. The van der Waals surface area contributed by atoms with Crippen LogP contribution in [0.1, 0.15) is 17.7 Å². The number of nitrogens with zero attached hydrogens (tertiary/aromatic N) is 6. The number of amides is 1. The third-order valence-corrected chi connectivity index (χ3v) is 7.36. The summed E-state index contributed by atoms with van der Waals surface area (Å²) >= 11 is 1.75. The predicted molar refractivity (Wildman–Crippen MR) is 134 cm³/mol. The first kappa shape index (κ1) is 23.8. The Morgan fingerprint density at radius 1 is 1.20 bits per heavy atom. The SMILES string of the molecule is COCC(=O)NC1CCN(Cc2cc3nc(-c4cnc(N)nc4)nc(N4CCOCC4)c3s2)CC1. The lowest BCUT2D eigenvalue weighted by Gasteiger charge is -2.32. The minimum Gasteiger partial charge on any atom is -0.378 e. The number of carbonyl (C=O) groups is 1. The number of piperidine rings is 1. The molecule has 0 radical (unpaired) electrons. The molecule has 3 N–H and O–H groups in total. The first-order chi connectivity index (χ1) is 17.1. The fourth-order valence-corrected chi connectivity index (χ4v) is 5.63. The highest BCUT2D eigenvalue weighted by Crippen LogP contribution is 2.35. The van der Waals surface area contributed by atoms with Gasteiger partial charge in [0.15, 0.2) is 11.6 Å². The highest BCUT2D eigenvalue weighted by molar-refractivity contribution is 7.19. The smallest absolute Gasteiger partial charge is 0.246 e. The van der Waals surface area contributed by atoms with Crippen LogP contribution >= 0.6 is 11.3 Å². The normalized spacial score (nSPS) is 17.7. The Morgan fingerprint density at radius 3 is 2.66 bits per heavy atom. The van der Waals surface area contributed by atoms with Crippen molar-refractivity contribution in [3.8, 4) is 11.4 Å². The molecule has 1 amide bonds.